The molecular formula is C19H33Cl2N3O. The summed E-state index contributed by atoms with van der Waals surface area (Å²) in [6.07, 6.45) is 2.68. The van der Waals surface area contributed by atoms with Gasteiger partial charge in [0.25, 0.3) is 0 Å². The number of carbonyl (C=O) groups excluding carboxylic acids is 1. The van der Waals surface area contributed by atoms with Crippen LogP contribution in [0.25, 0.3) is 0 Å². The molecule has 0 spiro atoms. The molecule has 6 heteroatoms. The number of halogens is 2. The molecule has 2 atom stereocenters. The number of amides is 1. The zero-order valence-corrected chi connectivity index (χ0v) is 17.2. The molecule has 0 radical (unpaired) electrons. The number of hydrogen-bond acceptors (Lipinski definition) is 3. The smallest absolute Gasteiger partial charge is 0.224 e. The van der Waals surface area contributed by atoms with E-state index >= 15 is 0 Å². The number of piperidine rings is 1. The Morgan fingerprint density at radius 1 is 1.24 bits per heavy atom. The van der Waals surface area contributed by atoms with Crippen molar-refractivity contribution in [3.63, 3.8) is 0 Å². The van der Waals surface area contributed by atoms with E-state index in [2.05, 4.69) is 46.7 Å². The van der Waals surface area contributed by atoms with Crippen molar-refractivity contribution in [3.8, 4) is 0 Å². The highest BCUT2D eigenvalue weighted by Gasteiger charge is 2.16. The van der Waals surface area contributed by atoms with Crippen LogP contribution < -0.4 is 10.6 Å². The van der Waals surface area contributed by atoms with Gasteiger partial charge in [0.1, 0.15) is 0 Å². The minimum Gasteiger partial charge on any atom is -0.352 e. The molecule has 0 aromatic heterocycles. The third-order valence-corrected chi connectivity index (χ3v) is 4.59. The van der Waals surface area contributed by atoms with Crippen molar-refractivity contribution in [3.05, 3.63) is 35.4 Å². The Kier molecular flexibility index (Phi) is 12.1. The zero-order valence-electron chi connectivity index (χ0n) is 15.6. The Balaban J connectivity index is 0.00000288. The summed E-state index contributed by atoms with van der Waals surface area (Å²) < 4.78 is 0. The lowest BCUT2D eigenvalue weighted by atomic mass is 9.99. The van der Waals surface area contributed by atoms with Crippen molar-refractivity contribution in [2.75, 3.05) is 26.7 Å². The minimum absolute atomic E-state index is 0. The van der Waals surface area contributed by atoms with Gasteiger partial charge in [-0.2, -0.15) is 0 Å². The van der Waals surface area contributed by atoms with Gasteiger partial charge in [-0.05, 0) is 43.5 Å². The highest BCUT2D eigenvalue weighted by molar-refractivity contribution is 5.85. The van der Waals surface area contributed by atoms with Gasteiger partial charge >= 0.3 is 0 Å². The molecule has 25 heavy (non-hydrogen) atoms. The zero-order chi connectivity index (χ0) is 16.7. The molecule has 4 nitrogen and oxygen atoms in total. The monoisotopic (exact) mass is 389 g/mol. The van der Waals surface area contributed by atoms with E-state index in [9.17, 15) is 4.79 Å². The third-order valence-electron chi connectivity index (χ3n) is 4.59. The first-order valence-electron chi connectivity index (χ1n) is 8.81. The Hall–Kier alpha value is -0.810. The fourth-order valence-electron chi connectivity index (χ4n) is 3.21. The SMILES string of the molecule is CNCC(C)C(=O)NCc1ccc(CN2CCCC(C)C2)cc1.Cl.Cl. The van der Waals surface area contributed by atoms with Gasteiger partial charge in [-0.15, -0.1) is 24.8 Å². The van der Waals surface area contributed by atoms with Gasteiger partial charge < -0.3 is 10.6 Å². The standard InChI is InChI=1S/C19H31N3O.2ClH/c1-15-5-4-10-22(13-15)14-18-8-6-17(7-9-18)12-21-19(23)16(2)11-20-3;;/h6-9,15-16,20H,4-5,10-14H2,1-3H3,(H,21,23);2*1H. The summed E-state index contributed by atoms with van der Waals surface area (Å²) in [6.45, 7) is 9.05. The molecule has 1 aromatic carbocycles. The first-order valence-corrected chi connectivity index (χ1v) is 8.81. The maximum absolute atomic E-state index is 11.9. The largest absolute Gasteiger partial charge is 0.352 e. The number of nitrogens with one attached hydrogen (secondary N) is 2. The molecule has 1 aromatic rings. The minimum atomic E-state index is 0. The van der Waals surface area contributed by atoms with Crippen LogP contribution in [-0.2, 0) is 17.9 Å². The highest BCUT2D eigenvalue weighted by Crippen LogP contribution is 2.18. The van der Waals surface area contributed by atoms with E-state index in [0.29, 0.717) is 13.1 Å². The molecule has 1 amide bonds. The van der Waals surface area contributed by atoms with Crippen LogP contribution in [-0.4, -0.2) is 37.5 Å². The highest BCUT2D eigenvalue weighted by atomic mass is 35.5. The van der Waals surface area contributed by atoms with Gasteiger partial charge in [0.15, 0.2) is 0 Å². The third kappa shape index (κ3) is 8.41. The van der Waals surface area contributed by atoms with E-state index in [4.69, 9.17) is 0 Å². The number of benzene rings is 1. The van der Waals surface area contributed by atoms with Crippen LogP contribution in [0, 0.1) is 11.8 Å². The molecule has 1 aliphatic heterocycles. The maximum atomic E-state index is 11.9. The summed E-state index contributed by atoms with van der Waals surface area (Å²) in [4.78, 5) is 14.5. The summed E-state index contributed by atoms with van der Waals surface area (Å²) in [5, 5.41) is 6.03. The van der Waals surface area contributed by atoms with Gasteiger partial charge in [0, 0.05) is 32.1 Å². The van der Waals surface area contributed by atoms with Crippen LogP contribution in [0.15, 0.2) is 24.3 Å². The molecule has 2 unspecified atom stereocenters. The van der Waals surface area contributed by atoms with E-state index in [0.717, 1.165) is 18.0 Å². The van der Waals surface area contributed by atoms with Crippen LogP contribution in [0.5, 0.6) is 0 Å². The summed E-state index contributed by atoms with van der Waals surface area (Å²) in [5.74, 6) is 0.920. The van der Waals surface area contributed by atoms with Gasteiger partial charge in [0.2, 0.25) is 5.91 Å². The second-order valence-electron chi connectivity index (χ2n) is 6.98. The second kappa shape index (κ2) is 12.5. The van der Waals surface area contributed by atoms with Crippen molar-refractivity contribution in [1.82, 2.24) is 15.5 Å². The summed E-state index contributed by atoms with van der Waals surface area (Å²) >= 11 is 0. The molecule has 1 heterocycles. The molecule has 1 saturated heterocycles. The Labute approximate surface area is 164 Å². The lowest BCUT2D eigenvalue weighted by molar-refractivity contribution is -0.124. The molecule has 1 fully saturated rings. The molecule has 2 rings (SSSR count). The van der Waals surface area contributed by atoms with Gasteiger partial charge in [0.05, 0.1) is 0 Å². The molecule has 144 valence electrons. The fraction of sp³-hybridized carbons (Fsp3) is 0.632. The summed E-state index contributed by atoms with van der Waals surface area (Å²) in [7, 11) is 1.87. The van der Waals surface area contributed by atoms with Crippen LogP contribution in [0.4, 0.5) is 0 Å². The van der Waals surface area contributed by atoms with E-state index in [1.54, 1.807) is 0 Å². The quantitative estimate of drug-likeness (QED) is 0.751. The van der Waals surface area contributed by atoms with Gasteiger partial charge in [-0.1, -0.05) is 38.1 Å². The average Bonchev–Trinajstić information content (AvgIpc) is 2.54. The number of hydrogen-bond donors (Lipinski definition) is 2. The van der Waals surface area contributed by atoms with Crippen LogP contribution in [0.1, 0.15) is 37.8 Å². The van der Waals surface area contributed by atoms with E-state index in [1.165, 1.54) is 31.5 Å². The topological polar surface area (TPSA) is 44.4 Å². The first-order chi connectivity index (χ1) is 11.1. The predicted molar refractivity (Wildman–Crippen MR) is 110 cm³/mol. The molecule has 2 N–H and O–H groups in total. The second-order valence-corrected chi connectivity index (χ2v) is 6.98. The van der Waals surface area contributed by atoms with E-state index in [1.807, 2.05) is 14.0 Å². The van der Waals surface area contributed by atoms with Crippen LogP contribution in [0.2, 0.25) is 0 Å². The molecule has 1 aliphatic rings. The normalized spacial score (nSPS) is 18.6. The van der Waals surface area contributed by atoms with Gasteiger partial charge in [-0.25, -0.2) is 0 Å². The Bertz CT molecular complexity index is 496. The van der Waals surface area contributed by atoms with Crippen molar-refractivity contribution < 1.29 is 4.79 Å². The van der Waals surface area contributed by atoms with Crippen molar-refractivity contribution in [1.29, 1.82) is 0 Å². The first kappa shape index (κ1) is 24.2. The van der Waals surface area contributed by atoms with Crippen molar-refractivity contribution in [2.45, 2.75) is 39.8 Å². The number of rotatable bonds is 7. The van der Waals surface area contributed by atoms with Crippen molar-refractivity contribution >= 4 is 30.7 Å². The van der Waals surface area contributed by atoms with E-state index in [-0.39, 0.29) is 36.6 Å². The fourth-order valence-corrected chi connectivity index (χ4v) is 3.21. The lowest BCUT2D eigenvalue weighted by Gasteiger charge is -2.30. The molecule has 0 aliphatic carbocycles. The lowest BCUT2D eigenvalue weighted by Crippen LogP contribution is -2.34. The van der Waals surface area contributed by atoms with Crippen LogP contribution >= 0.6 is 24.8 Å². The number of nitrogens with zero attached hydrogens (tertiary/aromatic N) is 1. The average molecular weight is 390 g/mol. The number of likely N-dealkylation sites (tertiary alicyclic amines) is 1. The maximum Gasteiger partial charge on any atom is 0.224 e. The predicted octanol–water partition coefficient (Wildman–Crippen LogP) is 3.23. The van der Waals surface area contributed by atoms with Gasteiger partial charge in [-0.3, -0.25) is 9.69 Å². The van der Waals surface area contributed by atoms with Crippen molar-refractivity contribution in [2.24, 2.45) is 11.8 Å². The Morgan fingerprint density at radius 2 is 1.88 bits per heavy atom. The summed E-state index contributed by atoms with van der Waals surface area (Å²) in [6, 6.07) is 8.65. The number of carbonyl (C=O) groups is 1. The molecule has 0 bridgehead atoms. The van der Waals surface area contributed by atoms with Crippen LogP contribution in [0.3, 0.4) is 0 Å². The molecular weight excluding hydrogens is 357 g/mol. The van der Waals surface area contributed by atoms with E-state index < -0.39 is 0 Å². The molecule has 0 saturated carbocycles. The Morgan fingerprint density at radius 3 is 2.48 bits per heavy atom. The summed E-state index contributed by atoms with van der Waals surface area (Å²) in [5.41, 5.74) is 2.52.